The lowest BCUT2D eigenvalue weighted by atomic mass is 10.1. The first-order chi connectivity index (χ1) is 8.24. The molecule has 1 aliphatic carbocycles. The highest BCUT2D eigenvalue weighted by molar-refractivity contribution is 7.80. The van der Waals surface area contributed by atoms with Gasteiger partial charge in [-0.3, -0.25) is 0 Å². The Bertz CT molecular complexity index is 567. The number of aromatic nitrogens is 1. The highest BCUT2D eigenvalue weighted by atomic mass is 32.1. The fourth-order valence-corrected chi connectivity index (χ4v) is 2.40. The van der Waals surface area contributed by atoms with E-state index in [0.29, 0.717) is 4.99 Å². The molecule has 1 fully saturated rings. The predicted octanol–water partition coefficient (Wildman–Crippen LogP) is 3.08. The van der Waals surface area contributed by atoms with Crippen molar-refractivity contribution in [3.63, 3.8) is 0 Å². The summed E-state index contributed by atoms with van der Waals surface area (Å²) in [5.41, 5.74) is 7.88. The van der Waals surface area contributed by atoms with E-state index in [2.05, 4.69) is 29.0 Å². The van der Waals surface area contributed by atoms with Crippen LogP contribution in [0.5, 0.6) is 0 Å². The fourth-order valence-electron chi connectivity index (χ4n) is 2.28. The Balaban J connectivity index is 1.89. The van der Waals surface area contributed by atoms with Crippen molar-refractivity contribution in [2.75, 3.05) is 0 Å². The first-order valence-corrected chi connectivity index (χ1v) is 6.53. The van der Waals surface area contributed by atoms with Crippen LogP contribution in [0.15, 0.2) is 30.5 Å². The Kier molecular flexibility index (Phi) is 2.63. The van der Waals surface area contributed by atoms with Crippen LogP contribution in [0.25, 0.3) is 10.9 Å². The number of hydrogen-bond acceptors (Lipinski definition) is 1. The average molecular weight is 244 g/mol. The summed E-state index contributed by atoms with van der Waals surface area (Å²) < 4.78 is 2.33. The van der Waals surface area contributed by atoms with E-state index in [0.717, 1.165) is 18.0 Å². The summed E-state index contributed by atoms with van der Waals surface area (Å²) in [5, 5.41) is 1.23. The predicted molar refractivity (Wildman–Crippen MR) is 75.2 cm³/mol. The molecule has 0 spiro atoms. The molecular formula is C14H16N2S. The maximum Gasteiger partial charge on any atom is 0.104 e. The van der Waals surface area contributed by atoms with Gasteiger partial charge in [0, 0.05) is 29.2 Å². The molecule has 1 aliphatic rings. The second-order valence-corrected chi connectivity index (χ2v) is 5.32. The molecule has 0 aliphatic heterocycles. The minimum Gasteiger partial charge on any atom is -0.389 e. The molecule has 0 saturated heterocycles. The van der Waals surface area contributed by atoms with Crippen LogP contribution in [0.2, 0.25) is 0 Å². The highest BCUT2D eigenvalue weighted by Gasteiger charge is 2.20. The van der Waals surface area contributed by atoms with E-state index in [9.17, 15) is 0 Å². The van der Waals surface area contributed by atoms with Gasteiger partial charge in [-0.05, 0) is 36.6 Å². The Morgan fingerprint density at radius 2 is 2.18 bits per heavy atom. The van der Waals surface area contributed by atoms with Gasteiger partial charge in [-0.25, -0.2) is 0 Å². The summed E-state index contributed by atoms with van der Waals surface area (Å²) in [6, 6.07) is 8.35. The van der Waals surface area contributed by atoms with Crippen LogP contribution in [0.3, 0.4) is 0 Å². The van der Waals surface area contributed by atoms with E-state index >= 15 is 0 Å². The summed E-state index contributed by atoms with van der Waals surface area (Å²) in [5.74, 6) is 0.975. The molecule has 2 nitrogen and oxygen atoms in total. The smallest absolute Gasteiger partial charge is 0.104 e. The van der Waals surface area contributed by atoms with E-state index in [1.807, 2.05) is 6.07 Å². The maximum absolute atomic E-state index is 5.64. The monoisotopic (exact) mass is 244 g/mol. The zero-order chi connectivity index (χ0) is 11.8. The second-order valence-electron chi connectivity index (χ2n) is 4.88. The summed E-state index contributed by atoms with van der Waals surface area (Å²) in [6.45, 7) is 1.13. The van der Waals surface area contributed by atoms with Gasteiger partial charge in [0.05, 0.1) is 0 Å². The molecule has 88 valence electrons. The summed E-state index contributed by atoms with van der Waals surface area (Å²) >= 11 is 5.00. The molecule has 1 saturated carbocycles. The van der Waals surface area contributed by atoms with Gasteiger partial charge in [-0.2, -0.15) is 0 Å². The van der Waals surface area contributed by atoms with Gasteiger partial charge in [0.2, 0.25) is 0 Å². The summed E-state index contributed by atoms with van der Waals surface area (Å²) in [7, 11) is 0. The van der Waals surface area contributed by atoms with Crippen LogP contribution < -0.4 is 5.73 Å². The molecule has 0 amide bonds. The summed E-state index contributed by atoms with van der Waals surface area (Å²) in [6.07, 6.45) is 6.31. The third kappa shape index (κ3) is 2.20. The number of thiocarbonyl (C=S) groups is 1. The van der Waals surface area contributed by atoms with Gasteiger partial charge in [0.25, 0.3) is 0 Å². The van der Waals surface area contributed by atoms with Crippen molar-refractivity contribution < 1.29 is 0 Å². The number of fused-ring (bicyclic) bond motifs is 1. The van der Waals surface area contributed by atoms with Crippen LogP contribution in [-0.2, 0) is 6.54 Å². The molecule has 0 atom stereocenters. The Labute approximate surface area is 106 Å². The zero-order valence-corrected chi connectivity index (χ0v) is 10.5. The molecule has 3 rings (SSSR count). The van der Waals surface area contributed by atoms with E-state index in [4.69, 9.17) is 18.0 Å². The minimum absolute atomic E-state index is 0.470. The molecule has 0 unspecified atom stereocenters. The number of aryl methyl sites for hydroxylation is 1. The fraction of sp³-hybridized carbons (Fsp3) is 0.357. The Hall–Kier alpha value is -1.35. The number of nitrogens with zero attached hydrogens (tertiary/aromatic N) is 1. The van der Waals surface area contributed by atoms with E-state index < -0.39 is 0 Å². The quantitative estimate of drug-likeness (QED) is 0.838. The molecule has 0 radical (unpaired) electrons. The standard InChI is InChI=1S/C14H16N2S/c15-14(17)12-3-4-13-11(9-12)6-8-16(13)7-5-10-1-2-10/h3-4,6,8-10H,1-2,5,7H2,(H2,15,17). The van der Waals surface area contributed by atoms with E-state index in [1.54, 1.807) is 0 Å². The lowest BCUT2D eigenvalue weighted by molar-refractivity contribution is 0.611. The number of benzene rings is 1. The van der Waals surface area contributed by atoms with Gasteiger partial charge >= 0.3 is 0 Å². The largest absolute Gasteiger partial charge is 0.389 e. The van der Waals surface area contributed by atoms with Crippen molar-refractivity contribution in [1.82, 2.24) is 4.57 Å². The van der Waals surface area contributed by atoms with Gasteiger partial charge in [0.1, 0.15) is 4.99 Å². The molecule has 2 aromatic rings. The van der Waals surface area contributed by atoms with Crippen LogP contribution >= 0.6 is 12.2 Å². The highest BCUT2D eigenvalue weighted by Crippen LogP contribution is 2.33. The van der Waals surface area contributed by atoms with Crippen LogP contribution in [0, 0.1) is 5.92 Å². The molecular weight excluding hydrogens is 228 g/mol. The van der Waals surface area contributed by atoms with Crippen molar-refractivity contribution in [3.8, 4) is 0 Å². The van der Waals surface area contributed by atoms with Crippen molar-refractivity contribution >= 4 is 28.1 Å². The van der Waals surface area contributed by atoms with Gasteiger partial charge in [-0.1, -0.05) is 25.1 Å². The third-order valence-electron chi connectivity index (χ3n) is 3.53. The molecule has 2 N–H and O–H groups in total. The normalized spacial score (nSPS) is 15.3. The lowest BCUT2D eigenvalue weighted by Crippen LogP contribution is -2.08. The van der Waals surface area contributed by atoms with Crippen LogP contribution in [0.1, 0.15) is 24.8 Å². The molecule has 3 heteroatoms. The van der Waals surface area contributed by atoms with Crippen molar-refractivity contribution in [1.29, 1.82) is 0 Å². The second kappa shape index (κ2) is 4.15. The number of rotatable bonds is 4. The Morgan fingerprint density at radius 3 is 2.88 bits per heavy atom. The van der Waals surface area contributed by atoms with Crippen LogP contribution in [0.4, 0.5) is 0 Å². The number of hydrogen-bond donors (Lipinski definition) is 1. The molecule has 17 heavy (non-hydrogen) atoms. The van der Waals surface area contributed by atoms with Crippen molar-refractivity contribution in [2.24, 2.45) is 11.7 Å². The van der Waals surface area contributed by atoms with Gasteiger partial charge < -0.3 is 10.3 Å². The topological polar surface area (TPSA) is 30.9 Å². The van der Waals surface area contributed by atoms with Crippen LogP contribution in [-0.4, -0.2) is 9.56 Å². The lowest BCUT2D eigenvalue weighted by Gasteiger charge is -2.05. The molecule has 1 aromatic heterocycles. The van der Waals surface area contributed by atoms with Gasteiger partial charge in [0.15, 0.2) is 0 Å². The number of nitrogens with two attached hydrogens (primary N) is 1. The van der Waals surface area contributed by atoms with Gasteiger partial charge in [-0.15, -0.1) is 0 Å². The third-order valence-corrected chi connectivity index (χ3v) is 3.77. The first kappa shape index (κ1) is 10.8. The molecule has 1 aromatic carbocycles. The minimum atomic E-state index is 0.470. The zero-order valence-electron chi connectivity index (χ0n) is 9.73. The van der Waals surface area contributed by atoms with Crippen molar-refractivity contribution in [2.45, 2.75) is 25.8 Å². The van der Waals surface area contributed by atoms with E-state index in [1.165, 1.54) is 30.2 Å². The first-order valence-electron chi connectivity index (χ1n) is 6.13. The SMILES string of the molecule is NC(=S)c1ccc2c(ccn2CCC2CC2)c1. The maximum atomic E-state index is 5.64. The van der Waals surface area contributed by atoms with Crippen molar-refractivity contribution in [3.05, 3.63) is 36.0 Å². The van der Waals surface area contributed by atoms with E-state index in [-0.39, 0.29) is 0 Å². The molecule has 0 bridgehead atoms. The average Bonchev–Trinajstić information content (AvgIpc) is 3.06. The summed E-state index contributed by atoms with van der Waals surface area (Å²) in [4.78, 5) is 0.470. The Morgan fingerprint density at radius 1 is 1.35 bits per heavy atom. The molecule has 1 heterocycles.